The Morgan fingerprint density at radius 3 is 2.66 bits per heavy atom. The van der Waals surface area contributed by atoms with Crippen LogP contribution in [0.5, 0.6) is 0 Å². The quantitative estimate of drug-likeness (QED) is 0.317. The molecule has 2 unspecified atom stereocenters. The van der Waals surface area contributed by atoms with Gasteiger partial charge in [-0.25, -0.2) is 10.2 Å². The first-order valence-corrected chi connectivity index (χ1v) is 11.5. The second-order valence-electron chi connectivity index (χ2n) is 8.16. The van der Waals surface area contributed by atoms with Crippen LogP contribution in [0, 0.1) is 5.92 Å². The number of nitrogens with two attached hydrogens (primary N) is 1. The van der Waals surface area contributed by atoms with Crippen LogP contribution in [0.25, 0.3) is 0 Å². The predicted octanol–water partition coefficient (Wildman–Crippen LogP) is -0.0932. The minimum atomic E-state index is -0.802. The van der Waals surface area contributed by atoms with Crippen LogP contribution in [0.2, 0.25) is 0 Å². The molecule has 1 fully saturated rings. The van der Waals surface area contributed by atoms with Crippen LogP contribution < -0.4 is 32.7 Å². The van der Waals surface area contributed by atoms with E-state index in [0.29, 0.717) is 13.0 Å². The van der Waals surface area contributed by atoms with E-state index < -0.39 is 35.7 Å². The Bertz CT molecular complexity index is 1130. The molecule has 0 aliphatic carbocycles. The molecule has 0 spiro atoms. The van der Waals surface area contributed by atoms with E-state index in [0.717, 1.165) is 16.9 Å². The lowest BCUT2D eigenvalue weighted by Crippen LogP contribution is -2.44. The molecule has 2 aromatic rings. The number of hydrogen-bond acceptors (Lipinski definition) is 9. The molecule has 2 atom stereocenters. The fourth-order valence-corrected chi connectivity index (χ4v) is 3.93. The zero-order valence-corrected chi connectivity index (χ0v) is 19.9. The second kappa shape index (κ2) is 12.3. The molecule has 1 saturated heterocycles. The Morgan fingerprint density at radius 2 is 1.97 bits per heavy atom. The summed E-state index contributed by atoms with van der Waals surface area (Å²) in [5.41, 5.74) is 11.4. The Kier molecular flexibility index (Phi) is 9.18. The molecule has 1 aromatic carbocycles. The average molecular weight is 489 g/mol. The number of carbonyl (C=O) groups is 2. The molecule has 0 radical (unpaired) electrons. The number of nitrogens with one attached hydrogen (secondary N) is 3. The van der Waals surface area contributed by atoms with E-state index >= 15 is 0 Å². The highest BCUT2D eigenvalue weighted by Gasteiger charge is 2.36. The molecular weight excluding hydrogens is 456 g/mol. The minimum absolute atomic E-state index is 0.0225. The predicted molar refractivity (Wildman–Crippen MR) is 130 cm³/mol. The Morgan fingerprint density at radius 1 is 1.23 bits per heavy atom. The smallest absolute Gasteiger partial charge is 0.330 e. The summed E-state index contributed by atoms with van der Waals surface area (Å²) in [6.45, 7) is 2.04. The van der Waals surface area contributed by atoms with Gasteiger partial charge in [0, 0.05) is 26.7 Å². The van der Waals surface area contributed by atoms with Crippen molar-refractivity contribution >= 4 is 23.4 Å². The topological polar surface area (TPSA) is 161 Å². The Hall–Kier alpha value is -3.48. The number of hydrazine groups is 1. The molecule has 0 saturated carbocycles. The molecule has 0 bridgehead atoms. The van der Waals surface area contributed by atoms with Crippen molar-refractivity contribution in [2.75, 3.05) is 44.0 Å². The third-order valence-electron chi connectivity index (χ3n) is 5.82. The van der Waals surface area contributed by atoms with Crippen molar-refractivity contribution < 1.29 is 19.1 Å². The first-order valence-electron chi connectivity index (χ1n) is 11.5. The number of esters is 1. The number of hydrogen-bond donors (Lipinski definition) is 4. The van der Waals surface area contributed by atoms with Gasteiger partial charge in [-0.2, -0.15) is 0 Å². The van der Waals surface area contributed by atoms with Gasteiger partial charge in [-0.15, -0.1) is 0 Å². The van der Waals surface area contributed by atoms with Gasteiger partial charge >= 0.3 is 11.7 Å². The highest BCUT2D eigenvalue weighted by molar-refractivity contribution is 5.97. The average Bonchev–Trinajstić information content (AvgIpc) is 3.35. The maximum atomic E-state index is 13.1. The van der Waals surface area contributed by atoms with Gasteiger partial charge in [-0.05, 0) is 12.0 Å². The van der Waals surface area contributed by atoms with Crippen molar-refractivity contribution in [3.8, 4) is 0 Å². The van der Waals surface area contributed by atoms with E-state index in [2.05, 4.69) is 15.8 Å². The molecule has 1 aliphatic rings. The van der Waals surface area contributed by atoms with Gasteiger partial charge in [0.15, 0.2) is 12.3 Å². The molecule has 12 nitrogen and oxygen atoms in total. The largest absolute Gasteiger partial charge is 0.455 e. The maximum Gasteiger partial charge on any atom is 0.330 e. The molecule has 3 rings (SSSR count). The van der Waals surface area contributed by atoms with E-state index in [1.807, 2.05) is 37.3 Å². The van der Waals surface area contributed by atoms with E-state index in [9.17, 15) is 19.2 Å². The fourth-order valence-electron chi connectivity index (χ4n) is 3.93. The van der Waals surface area contributed by atoms with Crippen molar-refractivity contribution in [1.29, 1.82) is 0 Å². The summed E-state index contributed by atoms with van der Waals surface area (Å²) in [4.78, 5) is 54.1. The van der Waals surface area contributed by atoms with Crippen LogP contribution in [0.4, 0.5) is 11.5 Å². The summed E-state index contributed by atoms with van der Waals surface area (Å²) in [6.07, 6.45) is 1.46. The first kappa shape index (κ1) is 26.1. The molecule has 190 valence electrons. The second-order valence-corrected chi connectivity index (χ2v) is 8.16. The molecular formula is C23H32N6O6. The zero-order chi connectivity index (χ0) is 25.4. The van der Waals surface area contributed by atoms with Crippen molar-refractivity contribution in [1.82, 2.24) is 20.4 Å². The number of nitrogen functional groups attached to an aromatic ring is 1. The van der Waals surface area contributed by atoms with Crippen LogP contribution in [0.3, 0.4) is 0 Å². The SMILES string of the molecule is CCCCn1c(N)c(N(CCOC)C(=O)COC(=O)C2CNNC2c2ccccc2)c(=O)[nH]c1=O. The van der Waals surface area contributed by atoms with Crippen molar-refractivity contribution in [2.45, 2.75) is 32.4 Å². The monoisotopic (exact) mass is 488 g/mol. The third-order valence-corrected chi connectivity index (χ3v) is 5.82. The molecule has 1 aliphatic heterocycles. The number of anilines is 2. The number of benzene rings is 1. The number of carbonyl (C=O) groups excluding carboxylic acids is 2. The molecule has 1 aromatic heterocycles. The van der Waals surface area contributed by atoms with Gasteiger partial charge in [0.25, 0.3) is 11.5 Å². The Labute approximate surface area is 202 Å². The molecule has 2 heterocycles. The van der Waals surface area contributed by atoms with Crippen molar-refractivity contribution in [3.63, 3.8) is 0 Å². The number of unbranched alkanes of at least 4 members (excludes halogenated alkanes) is 1. The van der Waals surface area contributed by atoms with Crippen molar-refractivity contribution in [3.05, 3.63) is 56.7 Å². The van der Waals surface area contributed by atoms with Gasteiger partial charge in [-0.1, -0.05) is 43.7 Å². The van der Waals surface area contributed by atoms with Crippen molar-refractivity contribution in [2.24, 2.45) is 5.92 Å². The number of rotatable bonds is 11. The zero-order valence-electron chi connectivity index (χ0n) is 19.9. The molecule has 1 amide bonds. The standard InChI is InChI=1S/C23H32N6O6/c1-3-4-10-29-20(24)19(21(31)26-23(29)33)28(11-12-34-2)17(30)14-35-22(32)16-13-25-27-18(16)15-8-6-5-7-9-15/h5-9,16,18,25,27H,3-4,10-14,24H2,1-2H3,(H,26,31,33). The lowest BCUT2D eigenvalue weighted by atomic mass is 9.95. The number of aromatic nitrogens is 2. The van der Waals surface area contributed by atoms with Gasteiger partial charge in [0.2, 0.25) is 0 Å². The molecule has 35 heavy (non-hydrogen) atoms. The van der Waals surface area contributed by atoms with E-state index in [1.165, 1.54) is 11.7 Å². The van der Waals surface area contributed by atoms with Gasteiger partial charge in [0.05, 0.1) is 18.6 Å². The first-order chi connectivity index (χ1) is 16.9. The highest BCUT2D eigenvalue weighted by Crippen LogP contribution is 2.26. The van der Waals surface area contributed by atoms with Gasteiger partial charge < -0.3 is 15.2 Å². The van der Waals surface area contributed by atoms with E-state index in [4.69, 9.17) is 15.2 Å². The number of H-pyrrole nitrogens is 1. The summed E-state index contributed by atoms with van der Waals surface area (Å²) in [5, 5.41) is 0. The number of aromatic amines is 1. The van der Waals surface area contributed by atoms with Crippen LogP contribution >= 0.6 is 0 Å². The fraction of sp³-hybridized carbons (Fsp3) is 0.478. The van der Waals surface area contributed by atoms with Crippen LogP contribution in [0.15, 0.2) is 39.9 Å². The lowest BCUT2D eigenvalue weighted by Gasteiger charge is -2.24. The van der Waals surface area contributed by atoms with E-state index in [1.54, 1.807) is 0 Å². The Balaban J connectivity index is 1.78. The highest BCUT2D eigenvalue weighted by atomic mass is 16.5. The van der Waals surface area contributed by atoms with E-state index in [-0.39, 0.29) is 37.2 Å². The normalized spacial score (nSPS) is 17.3. The summed E-state index contributed by atoms with van der Waals surface area (Å²) in [5.74, 6) is -1.91. The summed E-state index contributed by atoms with van der Waals surface area (Å²) in [7, 11) is 1.45. The van der Waals surface area contributed by atoms with Gasteiger partial charge in [0.1, 0.15) is 5.82 Å². The number of methoxy groups -OCH3 is 1. The van der Waals surface area contributed by atoms with Crippen LogP contribution in [0.1, 0.15) is 31.4 Å². The number of amides is 1. The molecule has 12 heteroatoms. The summed E-state index contributed by atoms with van der Waals surface area (Å²) < 4.78 is 11.6. The van der Waals surface area contributed by atoms with Crippen LogP contribution in [-0.4, -0.2) is 54.8 Å². The lowest BCUT2D eigenvalue weighted by molar-refractivity contribution is -0.152. The van der Waals surface area contributed by atoms with Crippen LogP contribution in [-0.2, 0) is 25.6 Å². The summed E-state index contributed by atoms with van der Waals surface area (Å²) in [6, 6.07) is 9.10. The molecule has 5 N–H and O–H groups in total. The minimum Gasteiger partial charge on any atom is -0.455 e. The number of ether oxygens (including phenoxy) is 2. The van der Waals surface area contributed by atoms with Gasteiger partial charge in [-0.3, -0.25) is 34.3 Å². The maximum absolute atomic E-state index is 13.1. The third kappa shape index (κ3) is 6.15. The number of nitrogens with zero attached hydrogens (tertiary/aromatic N) is 2. The summed E-state index contributed by atoms with van der Waals surface area (Å²) >= 11 is 0.